The molecule has 2 rings (SSSR count). The minimum atomic E-state index is -0.456. The van der Waals surface area contributed by atoms with Gasteiger partial charge < -0.3 is 16.4 Å². The molecular formula is C14H20ClN3O2S. The van der Waals surface area contributed by atoms with Crippen molar-refractivity contribution < 1.29 is 9.59 Å². The summed E-state index contributed by atoms with van der Waals surface area (Å²) in [7, 11) is 0. The molecule has 0 saturated carbocycles. The Hall–Kier alpha value is -1.24. The minimum absolute atomic E-state index is 0. The summed E-state index contributed by atoms with van der Waals surface area (Å²) in [6.07, 6.45) is 0.487. The summed E-state index contributed by atoms with van der Waals surface area (Å²) >= 11 is 1.62. The number of benzene rings is 1. The minimum Gasteiger partial charge on any atom is -0.346 e. The van der Waals surface area contributed by atoms with Crippen LogP contribution in [0.15, 0.2) is 23.1 Å². The highest BCUT2D eigenvalue weighted by molar-refractivity contribution is 7.99. The van der Waals surface area contributed by atoms with Crippen LogP contribution in [0.2, 0.25) is 0 Å². The molecule has 1 aromatic rings. The number of amides is 2. The molecule has 0 fully saturated rings. The highest BCUT2D eigenvalue weighted by Gasteiger charge is 2.21. The van der Waals surface area contributed by atoms with Crippen molar-refractivity contribution in [3.63, 3.8) is 0 Å². The monoisotopic (exact) mass is 329 g/mol. The quantitative estimate of drug-likeness (QED) is 0.792. The number of halogens is 1. The van der Waals surface area contributed by atoms with E-state index < -0.39 is 5.54 Å². The molecule has 0 unspecified atom stereocenters. The second-order valence-electron chi connectivity index (χ2n) is 5.40. The Morgan fingerprint density at radius 2 is 2.19 bits per heavy atom. The highest BCUT2D eigenvalue weighted by atomic mass is 35.5. The standard InChI is InChI=1S/C14H19N3O2S.ClH/c1-14(2,8-15)17-13(19)9-3-4-11-10(7-9)16-12(18)5-6-20-11;/h3-4,7H,5-6,8,15H2,1-2H3,(H,16,18)(H,17,19);1H. The first-order chi connectivity index (χ1) is 9.41. The van der Waals surface area contributed by atoms with Gasteiger partial charge in [0.1, 0.15) is 0 Å². The lowest BCUT2D eigenvalue weighted by Crippen LogP contribution is -2.48. The van der Waals surface area contributed by atoms with Crippen molar-refractivity contribution in [3.8, 4) is 0 Å². The molecule has 4 N–H and O–H groups in total. The summed E-state index contributed by atoms with van der Waals surface area (Å²) in [5.41, 5.74) is 6.38. The topological polar surface area (TPSA) is 84.2 Å². The van der Waals surface area contributed by atoms with Crippen molar-refractivity contribution in [3.05, 3.63) is 23.8 Å². The van der Waals surface area contributed by atoms with Gasteiger partial charge in [0.15, 0.2) is 0 Å². The number of nitrogens with two attached hydrogens (primary N) is 1. The lowest BCUT2D eigenvalue weighted by Gasteiger charge is -2.24. The largest absolute Gasteiger partial charge is 0.346 e. The fourth-order valence-electron chi connectivity index (χ4n) is 1.79. The fourth-order valence-corrected chi connectivity index (χ4v) is 2.73. The zero-order valence-corrected chi connectivity index (χ0v) is 13.7. The molecule has 0 aliphatic carbocycles. The van der Waals surface area contributed by atoms with E-state index in [1.165, 1.54) is 0 Å². The van der Waals surface area contributed by atoms with E-state index in [9.17, 15) is 9.59 Å². The van der Waals surface area contributed by atoms with E-state index in [0.29, 0.717) is 24.2 Å². The van der Waals surface area contributed by atoms with Gasteiger partial charge in [0, 0.05) is 34.7 Å². The van der Waals surface area contributed by atoms with Crippen molar-refractivity contribution in [2.45, 2.75) is 30.7 Å². The van der Waals surface area contributed by atoms with Gasteiger partial charge in [-0.25, -0.2) is 0 Å². The second-order valence-corrected chi connectivity index (χ2v) is 6.54. The number of carbonyl (C=O) groups excluding carboxylic acids is 2. The van der Waals surface area contributed by atoms with Gasteiger partial charge in [0.25, 0.3) is 5.91 Å². The molecule has 2 amide bonds. The van der Waals surface area contributed by atoms with Gasteiger partial charge in [-0.1, -0.05) is 0 Å². The summed E-state index contributed by atoms with van der Waals surface area (Å²) in [5.74, 6) is 0.549. The zero-order valence-electron chi connectivity index (χ0n) is 12.1. The van der Waals surface area contributed by atoms with Crippen LogP contribution in [0.1, 0.15) is 30.6 Å². The van der Waals surface area contributed by atoms with Crippen molar-refractivity contribution in [1.29, 1.82) is 0 Å². The summed E-state index contributed by atoms with van der Waals surface area (Å²) in [4.78, 5) is 24.7. The highest BCUT2D eigenvalue weighted by Crippen LogP contribution is 2.31. The van der Waals surface area contributed by atoms with Gasteiger partial charge in [-0.3, -0.25) is 9.59 Å². The average Bonchev–Trinajstić information content (AvgIpc) is 2.57. The summed E-state index contributed by atoms with van der Waals surface area (Å²) in [6, 6.07) is 5.36. The second kappa shape index (κ2) is 7.15. The SMILES string of the molecule is CC(C)(CN)NC(=O)c1ccc2c(c1)NC(=O)CCS2.Cl. The molecule has 21 heavy (non-hydrogen) atoms. The van der Waals surface area contributed by atoms with Crippen molar-refractivity contribution in [2.24, 2.45) is 5.73 Å². The van der Waals surface area contributed by atoms with E-state index in [1.807, 2.05) is 19.9 Å². The smallest absolute Gasteiger partial charge is 0.251 e. The summed E-state index contributed by atoms with van der Waals surface area (Å²) < 4.78 is 0. The number of thioether (sulfide) groups is 1. The van der Waals surface area contributed by atoms with Crippen LogP contribution in [-0.2, 0) is 4.79 Å². The zero-order chi connectivity index (χ0) is 14.8. The van der Waals surface area contributed by atoms with Crippen LogP contribution in [0.3, 0.4) is 0 Å². The number of hydrogen-bond donors (Lipinski definition) is 3. The van der Waals surface area contributed by atoms with Crippen LogP contribution in [0.4, 0.5) is 5.69 Å². The molecule has 1 aliphatic rings. The summed E-state index contributed by atoms with van der Waals surface area (Å²) in [6.45, 7) is 4.09. The fraction of sp³-hybridized carbons (Fsp3) is 0.429. The maximum Gasteiger partial charge on any atom is 0.251 e. The van der Waals surface area contributed by atoms with Crippen LogP contribution >= 0.6 is 24.2 Å². The maximum atomic E-state index is 12.2. The van der Waals surface area contributed by atoms with Crippen LogP contribution in [0.25, 0.3) is 0 Å². The third-order valence-corrected chi connectivity index (χ3v) is 4.14. The van der Waals surface area contributed by atoms with Crippen LogP contribution in [-0.4, -0.2) is 29.7 Å². The molecule has 0 radical (unpaired) electrons. The first-order valence-electron chi connectivity index (χ1n) is 6.50. The van der Waals surface area contributed by atoms with Gasteiger partial charge in [-0.15, -0.1) is 24.2 Å². The van der Waals surface area contributed by atoms with E-state index in [1.54, 1.807) is 23.9 Å². The molecule has 5 nitrogen and oxygen atoms in total. The molecule has 0 spiro atoms. The number of hydrogen-bond acceptors (Lipinski definition) is 4. The number of carbonyl (C=O) groups is 2. The van der Waals surface area contributed by atoms with E-state index >= 15 is 0 Å². The van der Waals surface area contributed by atoms with Crippen LogP contribution in [0.5, 0.6) is 0 Å². The Balaban J connectivity index is 0.00000220. The number of rotatable bonds is 3. The third-order valence-electron chi connectivity index (χ3n) is 3.06. The van der Waals surface area contributed by atoms with E-state index in [0.717, 1.165) is 10.6 Å². The molecule has 7 heteroatoms. The third kappa shape index (κ3) is 4.62. The van der Waals surface area contributed by atoms with E-state index in [4.69, 9.17) is 5.73 Å². The Bertz CT molecular complexity index is 549. The van der Waals surface area contributed by atoms with Crippen LogP contribution < -0.4 is 16.4 Å². The number of nitrogens with one attached hydrogen (secondary N) is 2. The predicted octanol–water partition coefficient (Wildman–Crippen LogP) is 2.01. The molecule has 1 aliphatic heterocycles. The van der Waals surface area contributed by atoms with Gasteiger partial charge in [0.05, 0.1) is 5.69 Å². The van der Waals surface area contributed by atoms with Gasteiger partial charge in [0.2, 0.25) is 5.91 Å². The Labute approximate surface area is 134 Å². The van der Waals surface area contributed by atoms with Crippen LogP contribution in [0, 0.1) is 0 Å². The molecule has 0 saturated heterocycles. The van der Waals surface area contributed by atoms with E-state index in [-0.39, 0.29) is 24.2 Å². The van der Waals surface area contributed by atoms with Gasteiger partial charge in [-0.05, 0) is 32.0 Å². The maximum absolute atomic E-state index is 12.2. The molecule has 0 bridgehead atoms. The van der Waals surface area contributed by atoms with Gasteiger partial charge in [-0.2, -0.15) is 0 Å². The van der Waals surface area contributed by atoms with Crippen molar-refractivity contribution >= 4 is 41.7 Å². The molecule has 1 aromatic carbocycles. The van der Waals surface area contributed by atoms with Gasteiger partial charge >= 0.3 is 0 Å². The Morgan fingerprint density at radius 1 is 1.48 bits per heavy atom. The summed E-state index contributed by atoms with van der Waals surface area (Å²) in [5, 5.41) is 5.70. The first-order valence-corrected chi connectivity index (χ1v) is 7.49. The van der Waals surface area contributed by atoms with E-state index in [2.05, 4.69) is 10.6 Å². The molecule has 0 aromatic heterocycles. The molecule has 116 valence electrons. The number of anilines is 1. The molecular weight excluding hydrogens is 310 g/mol. The molecule has 0 atom stereocenters. The number of fused-ring (bicyclic) bond motifs is 1. The average molecular weight is 330 g/mol. The molecule has 1 heterocycles. The Kier molecular flexibility index (Phi) is 6.07. The van der Waals surface area contributed by atoms with Crippen molar-refractivity contribution in [1.82, 2.24) is 5.32 Å². The lowest BCUT2D eigenvalue weighted by atomic mass is 10.0. The first kappa shape index (κ1) is 17.8. The van der Waals surface area contributed by atoms with Crippen molar-refractivity contribution in [2.75, 3.05) is 17.6 Å². The predicted molar refractivity (Wildman–Crippen MR) is 88.3 cm³/mol. The normalized spacial score (nSPS) is 14.3. The Morgan fingerprint density at radius 3 is 2.86 bits per heavy atom. The lowest BCUT2D eigenvalue weighted by molar-refractivity contribution is -0.115.